The van der Waals surface area contributed by atoms with Crippen molar-refractivity contribution in [2.75, 3.05) is 0 Å². The van der Waals surface area contributed by atoms with Crippen LogP contribution in [0.3, 0.4) is 0 Å². The Bertz CT molecular complexity index is 416. The number of aryl methyl sites for hydroxylation is 1. The lowest BCUT2D eigenvalue weighted by atomic mass is 9.93. The van der Waals surface area contributed by atoms with E-state index in [0.29, 0.717) is 0 Å². The molecule has 0 amide bonds. The highest BCUT2D eigenvalue weighted by Gasteiger charge is 2.32. The molecule has 2 unspecified atom stereocenters. The molecule has 1 aliphatic carbocycles. The Balaban J connectivity index is 2.02. The first kappa shape index (κ1) is 14.2. The van der Waals surface area contributed by atoms with E-state index in [0.717, 1.165) is 29.2 Å². The van der Waals surface area contributed by atoms with Crippen molar-refractivity contribution >= 4 is 22.9 Å². The number of rotatable bonds is 3. The van der Waals surface area contributed by atoms with Gasteiger partial charge in [-0.05, 0) is 37.8 Å². The lowest BCUT2D eigenvalue weighted by molar-refractivity contribution is -0.139. The Morgan fingerprint density at radius 3 is 2.94 bits per heavy atom. The lowest BCUT2D eigenvalue weighted by Crippen LogP contribution is -2.35. The van der Waals surface area contributed by atoms with Crippen LogP contribution in [0.15, 0.2) is 6.07 Å². The fourth-order valence-electron chi connectivity index (χ4n) is 2.44. The monoisotopic (exact) mass is 297 g/mol. The summed E-state index contributed by atoms with van der Waals surface area (Å²) in [5.41, 5.74) is 1.09. The van der Waals surface area contributed by atoms with Crippen molar-refractivity contribution in [3.05, 3.63) is 20.8 Å². The molecule has 0 radical (unpaired) electrons. The topological polar surface area (TPSA) is 12.0 Å². The van der Waals surface area contributed by atoms with Crippen molar-refractivity contribution in [1.29, 1.82) is 0 Å². The quantitative estimate of drug-likeness (QED) is 0.852. The number of fused-ring (bicyclic) bond motifs is 1. The summed E-state index contributed by atoms with van der Waals surface area (Å²) in [6.45, 7) is 1.58. The van der Waals surface area contributed by atoms with Crippen LogP contribution in [0.1, 0.15) is 42.7 Å². The predicted octanol–water partition coefficient (Wildman–Crippen LogP) is 4.71. The maximum atomic E-state index is 12.3. The Labute approximate surface area is 113 Å². The number of hydrogen-bond acceptors (Lipinski definition) is 2. The van der Waals surface area contributed by atoms with Gasteiger partial charge in [0.1, 0.15) is 0 Å². The molecule has 0 spiro atoms. The molecule has 0 fully saturated rings. The highest BCUT2D eigenvalue weighted by atomic mass is 35.5. The summed E-state index contributed by atoms with van der Waals surface area (Å²) in [6.07, 6.45) is -2.05. The van der Waals surface area contributed by atoms with E-state index in [-0.39, 0.29) is 6.04 Å². The number of nitrogens with one attached hydrogen (secondary N) is 1. The van der Waals surface area contributed by atoms with Crippen molar-refractivity contribution in [1.82, 2.24) is 5.32 Å². The number of thiophene rings is 1. The van der Waals surface area contributed by atoms with Crippen molar-refractivity contribution in [3.8, 4) is 0 Å². The molecule has 1 heterocycles. The molecule has 102 valence electrons. The molecule has 1 aromatic rings. The van der Waals surface area contributed by atoms with E-state index < -0.39 is 18.6 Å². The minimum Gasteiger partial charge on any atom is -0.307 e. The molecule has 1 aliphatic rings. The third kappa shape index (κ3) is 3.62. The van der Waals surface area contributed by atoms with Crippen LogP contribution in [0.25, 0.3) is 0 Å². The second kappa shape index (κ2) is 5.39. The Morgan fingerprint density at radius 1 is 1.56 bits per heavy atom. The number of halogens is 4. The van der Waals surface area contributed by atoms with E-state index >= 15 is 0 Å². The van der Waals surface area contributed by atoms with Gasteiger partial charge in [-0.15, -0.1) is 11.3 Å². The molecule has 0 aromatic carbocycles. The molecule has 0 aliphatic heterocycles. The van der Waals surface area contributed by atoms with Crippen LogP contribution < -0.4 is 5.32 Å². The zero-order chi connectivity index (χ0) is 13.3. The molecule has 1 nitrogen and oxygen atoms in total. The van der Waals surface area contributed by atoms with Crippen LogP contribution >= 0.6 is 22.9 Å². The molecule has 18 heavy (non-hydrogen) atoms. The van der Waals surface area contributed by atoms with Crippen LogP contribution in [0, 0.1) is 0 Å². The van der Waals surface area contributed by atoms with Crippen LogP contribution in [-0.4, -0.2) is 12.2 Å². The molecular formula is C12H15ClF3NS. The van der Waals surface area contributed by atoms with Gasteiger partial charge in [0.2, 0.25) is 0 Å². The summed E-state index contributed by atoms with van der Waals surface area (Å²) in [5.74, 6) is 0. The van der Waals surface area contributed by atoms with Gasteiger partial charge in [0.05, 0.1) is 10.8 Å². The molecule has 2 rings (SSSR count). The van der Waals surface area contributed by atoms with Crippen molar-refractivity contribution in [2.24, 2.45) is 0 Å². The largest absolute Gasteiger partial charge is 0.390 e. The Hall–Kier alpha value is -0.260. The fourth-order valence-corrected chi connectivity index (χ4v) is 3.83. The molecule has 2 atom stereocenters. The summed E-state index contributed by atoms with van der Waals surface area (Å²) in [7, 11) is 0. The first-order chi connectivity index (χ1) is 8.35. The van der Waals surface area contributed by atoms with E-state index in [1.807, 2.05) is 6.07 Å². The van der Waals surface area contributed by atoms with Gasteiger partial charge in [0.25, 0.3) is 0 Å². The fraction of sp³-hybridized carbons (Fsp3) is 0.667. The molecular weight excluding hydrogens is 283 g/mol. The second-order valence-electron chi connectivity index (χ2n) is 4.76. The minimum atomic E-state index is -4.11. The van der Waals surface area contributed by atoms with Gasteiger partial charge in [-0.2, -0.15) is 13.2 Å². The average molecular weight is 298 g/mol. The van der Waals surface area contributed by atoms with E-state index in [9.17, 15) is 13.2 Å². The SMILES string of the molecule is CC(CC(F)(F)F)NC1CCCc2sc(Cl)cc21. The van der Waals surface area contributed by atoms with Gasteiger partial charge in [-0.3, -0.25) is 0 Å². The van der Waals surface area contributed by atoms with Crippen molar-refractivity contribution < 1.29 is 13.2 Å². The number of alkyl halides is 3. The normalized spacial score (nSPS) is 21.7. The maximum Gasteiger partial charge on any atom is 0.390 e. The molecule has 1 N–H and O–H groups in total. The molecule has 1 aromatic heterocycles. The Morgan fingerprint density at radius 2 is 2.28 bits per heavy atom. The van der Waals surface area contributed by atoms with Crippen LogP contribution in [0.5, 0.6) is 0 Å². The minimum absolute atomic E-state index is 0.00912. The summed E-state index contributed by atoms with van der Waals surface area (Å²) in [6, 6.07) is 1.33. The van der Waals surface area contributed by atoms with Gasteiger partial charge >= 0.3 is 6.18 Å². The predicted molar refractivity (Wildman–Crippen MR) is 68.3 cm³/mol. The van der Waals surface area contributed by atoms with E-state index in [1.165, 1.54) is 16.2 Å². The standard InChI is InChI=1S/C12H15ClF3NS/c1-7(6-12(14,15)16)17-9-3-2-4-10-8(9)5-11(13)18-10/h5,7,9,17H,2-4,6H2,1H3. The average Bonchev–Trinajstić information content (AvgIpc) is 2.56. The van der Waals surface area contributed by atoms with Gasteiger partial charge in [-0.1, -0.05) is 11.6 Å². The number of hydrogen-bond donors (Lipinski definition) is 1. The third-order valence-corrected chi connectivity index (χ3v) is 4.45. The summed E-state index contributed by atoms with van der Waals surface area (Å²) < 4.78 is 37.6. The van der Waals surface area contributed by atoms with Crippen LogP contribution in [0.4, 0.5) is 13.2 Å². The maximum absolute atomic E-state index is 12.3. The van der Waals surface area contributed by atoms with Gasteiger partial charge in [0.15, 0.2) is 0 Å². The first-order valence-electron chi connectivity index (χ1n) is 5.96. The molecule has 0 saturated carbocycles. The molecule has 6 heteroatoms. The third-order valence-electron chi connectivity index (χ3n) is 3.11. The molecule has 0 bridgehead atoms. The first-order valence-corrected chi connectivity index (χ1v) is 7.15. The molecule has 0 saturated heterocycles. The van der Waals surface area contributed by atoms with E-state index in [1.54, 1.807) is 6.92 Å². The van der Waals surface area contributed by atoms with Crippen LogP contribution in [0.2, 0.25) is 4.34 Å². The zero-order valence-electron chi connectivity index (χ0n) is 9.98. The lowest BCUT2D eigenvalue weighted by Gasteiger charge is -2.27. The summed E-state index contributed by atoms with van der Waals surface area (Å²) in [4.78, 5) is 1.21. The highest BCUT2D eigenvalue weighted by molar-refractivity contribution is 7.16. The van der Waals surface area contributed by atoms with Gasteiger partial charge in [-0.25, -0.2) is 0 Å². The van der Waals surface area contributed by atoms with E-state index in [4.69, 9.17) is 11.6 Å². The summed E-state index contributed by atoms with van der Waals surface area (Å²) in [5, 5.41) is 3.07. The smallest absolute Gasteiger partial charge is 0.307 e. The van der Waals surface area contributed by atoms with Gasteiger partial charge in [0, 0.05) is 17.0 Å². The Kier molecular flexibility index (Phi) is 4.24. The van der Waals surface area contributed by atoms with Crippen LogP contribution in [-0.2, 0) is 6.42 Å². The second-order valence-corrected chi connectivity index (χ2v) is 6.53. The summed E-state index contributed by atoms with van der Waals surface area (Å²) >= 11 is 7.51. The van der Waals surface area contributed by atoms with E-state index in [2.05, 4.69) is 5.32 Å². The zero-order valence-corrected chi connectivity index (χ0v) is 11.6. The van der Waals surface area contributed by atoms with Crippen molar-refractivity contribution in [3.63, 3.8) is 0 Å². The van der Waals surface area contributed by atoms with Crippen molar-refractivity contribution in [2.45, 2.75) is 50.9 Å². The highest BCUT2D eigenvalue weighted by Crippen LogP contribution is 2.38. The van der Waals surface area contributed by atoms with Gasteiger partial charge < -0.3 is 5.32 Å².